The van der Waals surface area contributed by atoms with Gasteiger partial charge in [-0.25, -0.2) is 9.37 Å². The van der Waals surface area contributed by atoms with Crippen molar-refractivity contribution < 1.29 is 8.81 Å². The predicted molar refractivity (Wildman–Crippen MR) is 34.0 cm³/mol. The van der Waals surface area contributed by atoms with Gasteiger partial charge in [-0.1, -0.05) is 6.07 Å². The molecule has 1 heterocycles. The zero-order chi connectivity index (χ0) is 6.97. The van der Waals surface area contributed by atoms with Crippen LogP contribution in [0, 0.1) is 5.82 Å². The predicted octanol–water partition coefficient (Wildman–Crippen LogP) is 1.97. The van der Waals surface area contributed by atoms with Crippen LogP contribution < -0.4 is 0 Å². The Labute approximate surface area is 56.3 Å². The molecule has 2 aromatic rings. The van der Waals surface area contributed by atoms with Gasteiger partial charge in [0.2, 0.25) is 0 Å². The van der Waals surface area contributed by atoms with Gasteiger partial charge in [-0.05, 0) is 12.1 Å². The lowest BCUT2D eigenvalue weighted by molar-refractivity contribution is 0.554. The van der Waals surface area contributed by atoms with E-state index in [4.69, 9.17) is 4.42 Å². The fourth-order valence-electron chi connectivity index (χ4n) is 0.852. The number of aromatic nitrogens is 1. The number of rotatable bonds is 0. The molecule has 0 unspecified atom stereocenters. The number of hydrogen-bond donors (Lipinski definition) is 0. The maximum atomic E-state index is 12.7. The maximum Gasteiger partial charge on any atom is 0.190 e. The molecule has 0 atom stereocenters. The SMILES string of the molecule is Fc1cccc2ncoc12. The van der Waals surface area contributed by atoms with Crippen LogP contribution in [0.1, 0.15) is 0 Å². The number of oxazole rings is 1. The highest BCUT2D eigenvalue weighted by atomic mass is 19.1. The van der Waals surface area contributed by atoms with Crippen molar-refractivity contribution in [2.75, 3.05) is 0 Å². The van der Waals surface area contributed by atoms with Crippen molar-refractivity contribution in [2.45, 2.75) is 0 Å². The first-order valence-electron chi connectivity index (χ1n) is 2.85. The van der Waals surface area contributed by atoms with Gasteiger partial charge in [-0.15, -0.1) is 0 Å². The first kappa shape index (κ1) is 5.41. The lowest BCUT2D eigenvalue weighted by Gasteiger charge is -1.85. The van der Waals surface area contributed by atoms with E-state index in [1.807, 2.05) is 0 Å². The lowest BCUT2D eigenvalue weighted by atomic mass is 10.3. The maximum absolute atomic E-state index is 12.7. The van der Waals surface area contributed by atoms with Crippen LogP contribution in [0.5, 0.6) is 0 Å². The number of para-hydroxylation sites is 1. The molecule has 2 rings (SSSR count). The smallest absolute Gasteiger partial charge is 0.190 e. The Morgan fingerprint density at radius 3 is 3.10 bits per heavy atom. The summed E-state index contributed by atoms with van der Waals surface area (Å²) in [5.74, 6) is -0.366. The molecule has 0 saturated carbocycles. The summed E-state index contributed by atoms with van der Waals surface area (Å²) >= 11 is 0. The van der Waals surface area contributed by atoms with Crippen molar-refractivity contribution in [3.63, 3.8) is 0 Å². The molecule has 0 saturated heterocycles. The summed E-state index contributed by atoms with van der Waals surface area (Å²) in [4.78, 5) is 3.77. The molecule has 0 radical (unpaired) electrons. The Hall–Kier alpha value is -1.38. The molecule has 3 heteroatoms. The van der Waals surface area contributed by atoms with Crippen LogP contribution in [-0.2, 0) is 0 Å². The van der Waals surface area contributed by atoms with Crippen LogP contribution in [0.3, 0.4) is 0 Å². The molecule has 50 valence electrons. The summed E-state index contributed by atoms with van der Waals surface area (Å²) in [6.45, 7) is 0. The fourth-order valence-corrected chi connectivity index (χ4v) is 0.852. The molecule has 0 bridgehead atoms. The lowest BCUT2D eigenvalue weighted by Crippen LogP contribution is -1.72. The van der Waals surface area contributed by atoms with Crippen molar-refractivity contribution in [1.29, 1.82) is 0 Å². The van der Waals surface area contributed by atoms with Gasteiger partial charge < -0.3 is 4.42 Å². The van der Waals surface area contributed by atoms with Crippen LogP contribution in [-0.4, -0.2) is 4.98 Å². The minimum Gasteiger partial charge on any atom is -0.440 e. The van der Waals surface area contributed by atoms with Crippen molar-refractivity contribution in [3.05, 3.63) is 30.4 Å². The normalized spacial score (nSPS) is 10.5. The summed E-state index contributed by atoms with van der Waals surface area (Å²) in [7, 11) is 0. The molecule has 0 fully saturated rings. The molecule has 0 N–H and O–H groups in total. The van der Waals surface area contributed by atoms with E-state index in [1.54, 1.807) is 12.1 Å². The van der Waals surface area contributed by atoms with Crippen molar-refractivity contribution in [1.82, 2.24) is 4.98 Å². The van der Waals surface area contributed by atoms with Crippen LogP contribution in [0.2, 0.25) is 0 Å². The van der Waals surface area contributed by atoms with Crippen LogP contribution >= 0.6 is 0 Å². The second-order valence-corrected chi connectivity index (χ2v) is 1.94. The third-order valence-electron chi connectivity index (χ3n) is 1.31. The van der Waals surface area contributed by atoms with Gasteiger partial charge in [-0.3, -0.25) is 0 Å². The van der Waals surface area contributed by atoms with Crippen LogP contribution in [0.25, 0.3) is 11.1 Å². The van der Waals surface area contributed by atoms with Crippen molar-refractivity contribution >= 4 is 11.1 Å². The van der Waals surface area contributed by atoms with E-state index in [0.29, 0.717) is 5.52 Å². The summed E-state index contributed by atoms with van der Waals surface area (Å²) in [5.41, 5.74) is 0.780. The molecule has 0 aliphatic heterocycles. The topological polar surface area (TPSA) is 26.0 Å². The molecule has 10 heavy (non-hydrogen) atoms. The zero-order valence-electron chi connectivity index (χ0n) is 5.04. The Morgan fingerprint density at radius 2 is 2.30 bits per heavy atom. The van der Waals surface area contributed by atoms with Crippen molar-refractivity contribution in [3.8, 4) is 0 Å². The minimum absolute atomic E-state index is 0.225. The fraction of sp³-hybridized carbons (Fsp3) is 0. The van der Waals surface area contributed by atoms with Gasteiger partial charge in [0.05, 0.1) is 0 Å². The van der Waals surface area contributed by atoms with Gasteiger partial charge in [0.25, 0.3) is 0 Å². The van der Waals surface area contributed by atoms with Crippen molar-refractivity contribution in [2.24, 2.45) is 0 Å². The highest BCUT2D eigenvalue weighted by Gasteiger charge is 2.01. The average molecular weight is 137 g/mol. The van der Waals surface area contributed by atoms with E-state index in [-0.39, 0.29) is 11.4 Å². The number of nitrogens with zero attached hydrogens (tertiary/aromatic N) is 1. The van der Waals surface area contributed by atoms with E-state index in [2.05, 4.69) is 4.98 Å². The molecular formula is C7H4FNO. The van der Waals surface area contributed by atoms with Gasteiger partial charge in [0.15, 0.2) is 17.8 Å². The van der Waals surface area contributed by atoms with Crippen LogP contribution in [0.15, 0.2) is 29.0 Å². The monoisotopic (exact) mass is 137 g/mol. The quantitative estimate of drug-likeness (QED) is 0.554. The summed E-state index contributed by atoms with van der Waals surface area (Å²) in [5, 5.41) is 0. The van der Waals surface area contributed by atoms with Gasteiger partial charge in [-0.2, -0.15) is 0 Å². The number of benzene rings is 1. The largest absolute Gasteiger partial charge is 0.440 e. The molecule has 0 spiro atoms. The van der Waals surface area contributed by atoms with E-state index in [1.165, 1.54) is 12.5 Å². The first-order valence-corrected chi connectivity index (χ1v) is 2.85. The Balaban J connectivity index is 2.95. The molecule has 1 aromatic heterocycles. The molecule has 0 amide bonds. The Kier molecular flexibility index (Phi) is 0.974. The van der Waals surface area contributed by atoms with Crippen LogP contribution in [0.4, 0.5) is 4.39 Å². The minimum atomic E-state index is -0.366. The third kappa shape index (κ3) is 0.603. The summed E-state index contributed by atoms with van der Waals surface area (Å²) in [6, 6.07) is 4.63. The third-order valence-corrected chi connectivity index (χ3v) is 1.31. The summed E-state index contributed by atoms with van der Waals surface area (Å²) in [6.07, 6.45) is 1.23. The average Bonchev–Trinajstić information content (AvgIpc) is 2.36. The zero-order valence-corrected chi connectivity index (χ0v) is 5.04. The Bertz CT molecular complexity index is 355. The second kappa shape index (κ2) is 1.80. The van der Waals surface area contributed by atoms with E-state index in [9.17, 15) is 4.39 Å². The van der Waals surface area contributed by atoms with E-state index < -0.39 is 0 Å². The summed E-state index contributed by atoms with van der Waals surface area (Å²) < 4.78 is 17.4. The number of halogens is 1. The van der Waals surface area contributed by atoms with E-state index in [0.717, 1.165) is 0 Å². The number of fused-ring (bicyclic) bond motifs is 1. The highest BCUT2D eigenvalue weighted by Crippen LogP contribution is 2.14. The molecule has 0 aliphatic carbocycles. The molecule has 0 aliphatic rings. The van der Waals surface area contributed by atoms with E-state index >= 15 is 0 Å². The standard InChI is InChI=1S/C7H4FNO/c8-5-2-1-3-6-7(5)10-4-9-6/h1-4H. The molecule has 2 nitrogen and oxygen atoms in total. The van der Waals surface area contributed by atoms with Gasteiger partial charge >= 0.3 is 0 Å². The van der Waals surface area contributed by atoms with Gasteiger partial charge in [0.1, 0.15) is 5.52 Å². The highest BCUT2D eigenvalue weighted by molar-refractivity contribution is 5.72. The second-order valence-electron chi connectivity index (χ2n) is 1.94. The number of hydrogen-bond acceptors (Lipinski definition) is 2. The molecular weight excluding hydrogens is 133 g/mol. The molecule has 1 aromatic carbocycles. The first-order chi connectivity index (χ1) is 4.88. The Morgan fingerprint density at radius 1 is 1.40 bits per heavy atom. The van der Waals surface area contributed by atoms with Gasteiger partial charge in [0, 0.05) is 0 Å².